The van der Waals surface area contributed by atoms with Gasteiger partial charge in [-0.1, -0.05) is 0 Å². The molecule has 0 bridgehead atoms. The van der Waals surface area contributed by atoms with Crippen molar-refractivity contribution in [1.82, 2.24) is 4.98 Å². The summed E-state index contributed by atoms with van der Waals surface area (Å²) in [5.41, 5.74) is -0.837. The zero-order chi connectivity index (χ0) is 12.2. The minimum Gasteiger partial charge on any atom is -0.481 e. The van der Waals surface area contributed by atoms with Crippen LogP contribution in [0.1, 0.15) is 12.0 Å². The SMILES string of the molecule is O=C(O)CCNc1ccc(C(F)(F)F)cn1. The first-order chi connectivity index (χ1) is 7.39. The van der Waals surface area contributed by atoms with Crippen molar-refractivity contribution in [3.05, 3.63) is 23.9 Å². The summed E-state index contributed by atoms with van der Waals surface area (Å²) in [6, 6.07) is 2.04. The van der Waals surface area contributed by atoms with Gasteiger partial charge in [-0.3, -0.25) is 4.79 Å². The van der Waals surface area contributed by atoms with Crippen LogP contribution >= 0.6 is 0 Å². The number of rotatable bonds is 4. The molecule has 0 saturated heterocycles. The maximum atomic E-state index is 12.1. The first-order valence-corrected chi connectivity index (χ1v) is 4.38. The summed E-state index contributed by atoms with van der Waals surface area (Å²) in [5, 5.41) is 10.9. The summed E-state index contributed by atoms with van der Waals surface area (Å²) in [4.78, 5) is 13.7. The molecule has 1 aromatic rings. The molecule has 4 nitrogen and oxygen atoms in total. The third-order valence-electron chi connectivity index (χ3n) is 1.74. The molecule has 0 aliphatic carbocycles. The Kier molecular flexibility index (Phi) is 3.70. The average Bonchev–Trinajstić information content (AvgIpc) is 2.16. The van der Waals surface area contributed by atoms with E-state index in [-0.39, 0.29) is 18.8 Å². The molecule has 0 atom stereocenters. The van der Waals surface area contributed by atoms with Gasteiger partial charge in [-0.2, -0.15) is 13.2 Å². The molecule has 0 aromatic carbocycles. The predicted molar refractivity (Wildman–Crippen MR) is 50.0 cm³/mol. The fourth-order valence-corrected chi connectivity index (χ4v) is 0.964. The second-order valence-corrected chi connectivity index (χ2v) is 3.00. The molecule has 0 saturated carbocycles. The van der Waals surface area contributed by atoms with Gasteiger partial charge in [-0.05, 0) is 12.1 Å². The van der Waals surface area contributed by atoms with Crippen molar-refractivity contribution in [3.63, 3.8) is 0 Å². The van der Waals surface area contributed by atoms with Gasteiger partial charge in [-0.15, -0.1) is 0 Å². The number of nitrogens with one attached hydrogen (secondary N) is 1. The Morgan fingerprint density at radius 3 is 2.56 bits per heavy atom. The number of hydrogen-bond acceptors (Lipinski definition) is 3. The molecule has 1 rings (SSSR count). The van der Waals surface area contributed by atoms with Crippen molar-refractivity contribution in [2.24, 2.45) is 0 Å². The number of alkyl halides is 3. The molecule has 1 heterocycles. The average molecular weight is 234 g/mol. The van der Waals surface area contributed by atoms with Gasteiger partial charge >= 0.3 is 12.1 Å². The summed E-state index contributed by atoms with van der Waals surface area (Å²) < 4.78 is 36.4. The monoisotopic (exact) mass is 234 g/mol. The number of aliphatic carboxylic acids is 1. The molecule has 0 radical (unpaired) electrons. The Hall–Kier alpha value is -1.79. The van der Waals surface area contributed by atoms with Crippen molar-refractivity contribution in [2.45, 2.75) is 12.6 Å². The Morgan fingerprint density at radius 1 is 1.44 bits per heavy atom. The van der Waals surface area contributed by atoms with E-state index >= 15 is 0 Å². The van der Waals surface area contributed by atoms with E-state index in [1.807, 2.05) is 0 Å². The first kappa shape index (κ1) is 12.3. The lowest BCUT2D eigenvalue weighted by molar-refractivity contribution is -0.138. The van der Waals surface area contributed by atoms with Crippen LogP contribution in [0, 0.1) is 0 Å². The third-order valence-corrected chi connectivity index (χ3v) is 1.74. The van der Waals surface area contributed by atoms with Crippen molar-refractivity contribution in [3.8, 4) is 0 Å². The molecule has 1 aromatic heterocycles. The lowest BCUT2D eigenvalue weighted by Gasteiger charge is -2.07. The Bertz CT molecular complexity index is 362. The molecule has 0 aliphatic heterocycles. The molecule has 2 N–H and O–H groups in total. The Balaban J connectivity index is 2.55. The van der Waals surface area contributed by atoms with Crippen molar-refractivity contribution < 1.29 is 23.1 Å². The zero-order valence-corrected chi connectivity index (χ0v) is 8.08. The van der Waals surface area contributed by atoms with Gasteiger partial charge in [-0.25, -0.2) is 4.98 Å². The lowest BCUT2D eigenvalue weighted by Crippen LogP contribution is -2.10. The van der Waals surface area contributed by atoms with E-state index < -0.39 is 17.7 Å². The number of hydrogen-bond donors (Lipinski definition) is 2. The summed E-state index contributed by atoms with van der Waals surface area (Å²) >= 11 is 0. The van der Waals surface area contributed by atoms with Gasteiger partial charge in [0.05, 0.1) is 12.0 Å². The highest BCUT2D eigenvalue weighted by molar-refractivity contribution is 5.67. The largest absolute Gasteiger partial charge is 0.481 e. The molecular weight excluding hydrogens is 225 g/mol. The molecule has 7 heteroatoms. The van der Waals surface area contributed by atoms with Gasteiger partial charge < -0.3 is 10.4 Å². The summed E-state index contributed by atoms with van der Waals surface area (Å²) in [6.45, 7) is 0.119. The molecular formula is C9H9F3N2O2. The van der Waals surface area contributed by atoms with E-state index in [9.17, 15) is 18.0 Å². The Morgan fingerprint density at radius 2 is 2.12 bits per heavy atom. The quantitative estimate of drug-likeness (QED) is 0.836. The fourth-order valence-electron chi connectivity index (χ4n) is 0.964. The van der Waals surface area contributed by atoms with Crippen LogP contribution in [-0.4, -0.2) is 22.6 Å². The standard InChI is InChI=1S/C9H9F3N2O2/c10-9(11,12)6-1-2-7(14-5-6)13-4-3-8(15)16/h1-2,5H,3-4H2,(H,13,14)(H,15,16). The van der Waals surface area contributed by atoms with E-state index in [1.165, 1.54) is 0 Å². The van der Waals surface area contributed by atoms with Crippen LogP contribution in [0.3, 0.4) is 0 Å². The van der Waals surface area contributed by atoms with Crippen LogP contribution in [0.4, 0.5) is 19.0 Å². The topological polar surface area (TPSA) is 62.2 Å². The second-order valence-electron chi connectivity index (χ2n) is 3.00. The Labute approximate surface area is 89.1 Å². The van der Waals surface area contributed by atoms with Crippen molar-refractivity contribution in [1.29, 1.82) is 0 Å². The number of carboxylic acids is 1. The number of nitrogens with zero attached hydrogens (tertiary/aromatic N) is 1. The highest BCUT2D eigenvalue weighted by Gasteiger charge is 2.30. The second kappa shape index (κ2) is 4.82. The highest BCUT2D eigenvalue weighted by atomic mass is 19.4. The molecule has 0 spiro atoms. The van der Waals surface area contributed by atoms with E-state index in [2.05, 4.69) is 10.3 Å². The summed E-state index contributed by atoms with van der Waals surface area (Å²) in [6.07, 6.45) is -3.83. The highest BCUT2D eigenvalue weighted by Crippen LogP contribution is 2.28. The minimum absolute atomic E-state index is 0.119. The zero-order valence-electron chi connectivity index (χ0n) is 8.08. The molecule has 0 unspecified atom stereocenters. The van der Waals surface area contributed by atoms with Gasteiger partial charge in [0.2, 0.25) is 0 Å². The number of carbonyl (C=O) groups is 1. The summed E-state index contributed by atoms with van der Waals surface area (Å²) in [5.74, 6) is -0.770. The van der Waals surface area contributed by atoms with Crippen molar-refractivity contribution in [2.75, 3.05) is 11.9 Å². The molecule has 0 aliphatic rings. The smallest absolute Gasteiger partial charge is 0.417 e. The normalized spacial score (nSPS) is 11.2. The first-order valence-electron chi connectivity index (χ1n) is 4.38. The van der Waals surface area contributed by atoms with Gasteiger partial charge in [0.1, 0.15) is 5.82 Å². The number of anilines is 1. The lowest BCUT2D eigenvalue weighted by atomic mass is 10.3. The fraction of sp³-hybridized carbons (Fsp3) is 0.333. The maximum absolute atomic E-state index is 12.1. The van der Waals surface area contributed by atoms with Crippen LogP contribution in [0.15, 0.2) is 18.3 Å². The van der Waals surface area contributed by atoms with Crippen LogP contribution in [0.5, 0.6) is 0 Å². The van der Waals surface area contributed by atoms with Crippen molar-refractivity contribution >= 4 is 11.8 Å². The molecule has 0 fully saturated rings. The molecule has 88 valence electrons. The van der Waals surface area contributed by atoms with Gasteiger partial charge in [0.15, 0.2) is 0 Å². The minimum atomic E-state index is -4.41. The molecule has 0 amide bonds. The number of carboxylic acid groups (broad SMARTS) is 1. The van der Waals surface area contributed by atoms with Crippen LogP contribution in [0.25, 0.3) is 0 Å². The van der Waals surface area contributed by atoms with E-state index in [4.69, 9.17) is 5.11 Å². The van der Waals surface area contributed by atoms with Crippen LogP contribution in [-0.2, 0) is 11.0 Å². The third kappa shape index (κ3) is 3.76. The maximum Gasteiger partial charge on any atom is 0.417 e. The molecule has 16 heavy (non-hydrogen) atoms. The number of aromatic nitrogens is 1. The van der Waals surface area contributed by atoms with E-state index in [1.54, 1.807) is 0 Å². The predicted octanol–water partition coefficient (Wildman–Crippen LogP) is 1.99. The van der Waals surface area contributed by atoms with Gasteiger partial charge in [0.25, 0.3) is 0 Å². The van der Waals surface area contributed by atoms with Crippen LogP contribution < -0.4 is 5.32 Å². The summed E-state index contributed by atoms with van der Waals surface area (Å²) in [7, 11) is 0. The number of pyridine rings is 1. The van der Waals surface area contributed by atoms with Gasteiger partial charge in [0, 0.05) is 12.7 Å². The van der Waals surface area contributed by atoms with E-state index in [0.717, 1.165) is 12.1 Å². The number of halogens is 3. The van der Waals surface area contributed by atoms with E-state index in [0.29, 0.717) is 6.20 Å². The van der Waals surface area contributed by atoms with Crippen LogP contribution in [0.2, 0.25) is 0 Å².